The summed E-state index contributed by atoms with van der Waals surface area (Å²) in [6, 6.07) is 9.46. The van der Waals surface area contributed by atoms with Crippen LogP contribution in [0.2, 0.25) is 0 Å². The molecule has 3 rings (SSSR count). The lowest BCUT2D eigenvalue weighted by atomic mass is 10.3. The molecule has 1 aliphatic carbocycles. The van der Waals surface area contributed by atoms with Gasteiger partial charge in [-0.2, -0.15) is 0 Å². The van der Waals surface area contributed by atoms with E-state index in [-0.39, 0.29) is 12.0 Å². The average Bonchev–Trinajstić information content (AvgIpc) is 3.33. The first kappa shape index (κ1) is 15.3. The van der Waals surface area contributed by atoms with Crippen molar-refractivity contribution >= 4 is 17.5 Å². The Kier molecular flexibility index (Phi) is 4.41. The number of rotatable bonds is 6. The molecule has 23 heavy (non-hydrogen) atoms. The highest BCUT2D eigenvalue weighted by Gasteiger charge is 2.24. The third-order valence-electron chi connectivity index (χ3n) is 3.28. The quantitative estimate of drug-likeness (QED) is 0.857. The number of benzene rings is 1. The highest BCUT2D eigenvalue weighted by molar-refractivity contribution is 5.92. The standard InChI is InChI=1S/C17H20N4O2/c1-11(2)23-14-7-5-13(6-8-14)20-17-18-10-9-15(21-17)16(22)19-12-3-4-12/h5-12H,3-4H2,1-2H3,(H,19,22)(H,18,20,21). The molecule has 0 saturated heterocycles. The third kappa shape index (κ3) is 4.42. The van der Waals surface area contributed by atoms with E-state index in [2.05, 4.69) is 20.6 Å². The van der Waals surface area contributed by atoms with Gasteiger partial charge >= 0.3 is 0 Å². The highest BCUT2D eigenvalue weighted by Crippen LogP contribution is 2.20. The second-order valence-electron chi connectivity index (χ2n) is 5.83. The van der Waals surface area contributed by atoms with Gasteiger partial charge in [-0.3, -0.25) is 4.79 Å². The fourth-order valence-corrected chi connectivity index (χ4v) is 2.05. The van der Waals surface area contributed by atoms with Crippen molar-refractivity contribution in [2.75, 3.05) is 5.32 Å². The van der Waals surface area contributed by atoms with Crippen LogP contribution in [0, 0.1) is 0 Å². The minimum Gasteiger partial charge on any atom is -0.491 e. The van der Waals surface area contributed by atoms with Gasteiger partial charge in [0.15, 0.2) is 0 Å². The molecule has 6 nitrogen and oxygen atoms in total. The number of hydrogen-bond acceptors (Lipinski definition) is 5. The van der Waals surface area contributed by atoms with Gasteiger partial charge in [-0.1, -0.05) is 0 Å². The third-order valence-corrected chi connectivity index (χ3v) is 3.28. The fraction of sp³-hybridized carbons (Fsp3) is 0.353. The minimum atomic E-state index is -0.154. The van der Waals surface area contributed by atoms with Crippen LogP contribution in [0.1, 0.15) is 37.2 Å². The van der Waals surface area contributed by atoms with Crippen LogP contribution in [-0.4, -0.2) is 28.0 Å². The number of nitrogens with zero attached hydrogens (tertiary/aromatic N) is 2. The summed E-state index contributed by atoms with van der Waals surface area (Å²) < 4.78 is 5.60. The number of carbonyl (C=O) groups excluding carboxylic acids is 1. The van der Waals surface area contributed by atoms with Gasteiger partial charge in [-0.05, 0) is 57.0 Å². The molecule has 2 aromatic rings. The van der Waals surface area contributed by atoms with Gasteiger partial charge in [-0.15, -0.1) is 0 Å². The zero-order valence-corrected chi connectivity index (χ0v) is 13.2. The molecule has 1 aromatic heterocycles. The van der Waals surface area contributed by atoms with E-state index in [4.69, 9.17) is 4.74 Å². The molecule has 1 saturated carbocycles. The molecule has 1 amide bonds. The van der Waals surface area contributed by atoms with Crippen molar-refractivity contribution in [3.05, 3.63) is 42.2 Å². The van der Waals surface area contributed by atoms with Gasteiger partial charge in [0.05, 0.1) is 6.10 Å². The Labute approximate surface area is 135 Å². The molecule has 1 fully saturated rings. The molecule has 0 bridgehead atoms. The minimum absolute atomic E-state index is 0.138. The molecule has 1 aliphatic rings. The van der Waals surface area contributed by atoms with E-state index >= 15 is 0 Å². The summed E-state index contributed by atoms with van der Waals surface area (Å²) in [6.45, 7) is 3.97. The SMILES string of the molecule is CC(C)Oc1ccc(Nc2nccc(C(=O)NC3CC3)n2)cc1. The van der Waals surface area contributed by atoms with E-state index in [1.807, 2.05) is 38.1 Å². The molecule has 0 radical (unpaired) electrons. The predicted octanol–water partition coefficient (Wildman–Crippen LogP) is 2.90. The molecular formula is C17H20N4O2. The lowest BCUT2D eigenvalue weighted by molar-refractivity contribution is 0.0946. The maximum absolute atomic E-state index is 12.0. The van der Waals surface area contributed by atoms with Crippen molar-refractivity contribution in [1.82, 2.24) is 15.3 Å². The highest BCUT2D eigenvalue weighted by atomic mass is 16.5. The molecule has 0 spiro atoms. The summed E-state index contributed by atoms with van der Waals surface area (Å²) >= 11 is 0. The van der Waals surface area contributed by atoms with Gasteiger partial charge in [0.2, 0.25) is 5.95 Å². The Hall–Kier alpha value is -2.63. The molecule has 0 atom stereocenters. The smallest absolute Gasteiger partial charge is 0.270 e. The van der Waals surface area contributed by atoms with Crippen LogP contribution in [0.5, 0.6) is 5.75 Å². The Balaban J connectivity index is 1.66. The number of aromatic nitrogens is 2. The Morgan fingerprint density at radius 3 is 2.61 bits per heavy atom. The van der Waals surface area contributed by atoms with E-state index in [1.54, 1.807) is 12.3 Å². The summed E-state index contributed by atoms with van der Waals surface area (Å²) in [5.41, 5.74) is 1.20. The van der Waals surface area contributed by atoms with E-state index < -0.39 is 0 Å². The lowest BCUT2D eigenvalue weighted by Crippen LogP contribution is -2.26. The van der Waals surface area contributed by atoms with Gasteiger partial charge < -0.3 is 15.4 Å². The Morgan fingerprint density at radius 1 is 1.22 bits per heavy atom. The van der Waals surface area contributed by atoms with Crippen molar-refractivity contribution < 1.29 is 9.53 Å². The van der Waals surface area contributed by atoms with Crippen LogP contribution in [0.25, 0.3) is 0 Å². The van der Waals surface area contributed by atoms with E-state index in [0.29, 0.717) is 17.7 Å². The molecular weight excluding hydrogens is 292 g/mol. The monoisotopic (exact) mass is 312 g/mol. The Bertz CT molecular complexity index is 681. The number of hydrogen-bond donors (Lipinski definition) is 2. The second kappa shape index (κ2) is 6.64. The number of ether oxygens (including phenoxy) is 1. The van der Waals surface area contributed by atoms with Crippen LogP contribution in [0.3, 0.4) is 0 Å². The molecule has 1 heterocycles. The molecule has 2 N–H and O–H groups in total. The van der Waals surface area contributed by atoms with E-state index in [1.165, 1.54) is 0 Å². The van der Waals surface area contributed by atoms with Crippen LogP contribution in [-0.2, 0) is 0 Å². The summed E-state index contributed by atoms with van der Waals surface area (Å²) in [6.07, 6.45) is 3.81. The summed E-state index contributed by atoms with van der Waals surface area (Å²) in [4.78, 5) is 20.4. The largest absolute Gasteiger partial charge is 0.491 e. The lowest BCUT2D eigenvalue weighted by Gasteiger charge is -2.11. The summed E-state index contributed by atoms with van der Waals surface area (Å²) in [5, 5.41) is 6.00. The van der Waals surface area contributed by atoms with Crippen LogP contribution in [0.4, 0.5) is 11.6 Å². The Morgan fingerprint density at radius 2 is 1.96 bits per heavy atom. The average molecular weight is 312 g/mol. The molecule has 0 aliphatic heterocycles. The van der Waals surface area contributed by atoms with Gasteiger partial charge in [0.1, 0.15) is 11.4 Å². The van der Waals surface area contributed by atoms with Gasteiger partial charge in [0.25, 0.3) is 5.91 Å². The zero-order chi connectivity index (χ0) is 16.2. The maximum Gasteiger partial charge on any atom is 0.270 e. The van der Waals surface area contributed by atoms with Gasteiger partial charge in [-0.25, -0.2) is 9.97 Å². The summed E-state index contributed by atoms with van der Waals surface area (Å²) in [5.74, 6) is 1.05. The van der Waals surface area contributed by atoms with Crippen LogP contribution in [0.15, 0.2) is 36.5 Å². The topological polar surface area (TPSA) is 76.1 Å². The van der Waals surface area contributed by atoms with Crippen molar-refractivity contribution in [2.45, 2.75) is 38.8 Å². The van der Waals surface area contributed by atoms with Crippen molar-refractivity contribution in [3.63, 3.8) is 0 Å². The van der Waals surface area contributed by atoms with Crippen molar-refractivity contribution in [3.8, 4) is 5.75 Å². The predicted molar refractivity (Wildman–Crippen MR) is 88.0 cm³/mol. The maximum atomic E-state index is 12.0. The van der Waals surface area contributed by atoms with Gasteiger partial charge in [0, 0.05) is 17.9 Å². The first-order valence-corrected chi connectivity index (χ1v) is 7.78. The van der Waals surface area contributed by atoms with E-state index in [9.17, 15) is 4.79 Å². The number of amides is 1. The van der Waals surface area contributed by atoms with Crippen molar-refractivity contribution in [1.29, 1.82) is 0 Å². The van der Waals surface area contributed by atoms with Crippen molar-refractivity contribution in [2.24, 2.45) is 0 Å². The molecule has 1 aromatic carbocycles. The molecule has 6 heteroatoms. The second-order valence-corrected chi connectivity index (χ2v) is 5.83. The number of anilines is 2. The molecule has 0 unspecified atom stereocenters. The van der Waals surface area contributed by atoms with Crippen LogP contribution < -0.4 is 15.4 Å². The first-order chi connectivity index (χ1) is 11.1. The van der Waals surface area contributed by atoms with Crippen LogP contribution >= 0.6 is 0 Å². The van der Waals surface area contributed by atoms with E-state index in [0.717, 1.165) is 24.3 Å². The first-order valence-electron chi connectivity index (χ1n) is 7.78. The number of nitrogens with one attached hydrogen (secondary N) is 2. The summed E-state index contributed by atoms with van der Waals surface area (Å²) in [7, 11) is 0. The zero-order valence-electron chi connectivity index (χ0n) is 13.2. The normalized spacial score (nSPS) is 13.7. The number of carbonyl (C=O) groups is 1. The molecule has 120 valence electrons. The fourth-order valence-electron chi connectivity index (χ4n) is 2.05.